The fourth-order valence-corrected chi connectivity index (χ4v) is 1.87. The Labute approximate surface area is 91.0 Å². The minimum Gasteiger partial charge on any atom is -0.480 e. The molecule has 1 rings (SSSR count). The average molecular weight is 215 g/mol. The molecule has 15 heavy (non-hydrogen) atoms. The zero-order valence-electron chi connectivity index (χ0n) is 9.53. The van der Waals surface area contributed by atoms with Crippen LogP contribution in [0.4, 0.5) is 0 Å². The van der Waals surface area contributed by atoms with Crippen molar-refractivity contribution in [3.05, 3.63) is 0 Å². The molecular weight excluding hydrogens is 194 g/mol. The van der Waals surface area contributed by atoms with Gasteiger partial charge < -0.3 is 15.2 Å². The molecule has 0 saturated carbocycles. The number of carbonyl (C=O) groups is 1. The molecule has 0 aliphatic carbocycles. The first kappa shape index (κ1) is 12.5. The monoisotopic (exact) mass is 215 g/mol. The van der Waals surface area contributed by atoms with Crippen LogP contribution in [0.5, 0.6) is 0 Å². The van der Waals surface area contributed by atoms with E-state index >= 15 is 0 Å². The number of hydrogen-bond donors (Lipinski definition) is 2. The lowest BCUT2D eigenvalue weighted by Crippen LogP contribution is -2.46. The van der Waals surface area contributed by atoms with Crippen molar-refractivity contribution in [2.45, 2.75) is 45.2 Å². The van der Waals surface area contributed by atoms with E-state index in [4.69, 9.17) is 9.84 Å². The van der Waals surface area contributed by atoms with Crippen molar-refractivity contribution in [3.8, 4) is 0 Å². The molecule has 0 aromatic rings. The summed E-state index contributed by atoms with van der Waals surface area (Å²) in [4.78, 5) is 11.0. The van der Waals surface area contributed by atoms with E-state index < -0.39 is 12.0 Å². The van der Waals surface area contributed by atoms with Crippen LogP contribution in [0.25, 0.3) is 0 Å². The highest BCUT2D eigenvalue weighted by molar-refractivity contribution is 5.73. The lowest BCUT2D eigenvalue weighted by molar-refractivity contribution is -0.140. The molecule has 4 heteroatoms. The first-order valence-corrected chi connectivity index (χ1v) is 5.68. The van der Waals surface area contributed by atoms with E-state index in [-0.39, 0.29) is 12.0 Å². The van der Waals surface area contributed by atoms with Gasteiger partial charge in [0.15, 0.2) is 0 Å². The summed E-state index contributed by atoms with van der Waals surface area (Å²) in [6.07, 6.45) is 2.94. The Kier molecular flexibility index (Phi) is 5.05. The molecule has 0 bridgehead atoms. The van der Waals surface area contributed by atoms with Gasteiger partial charge in [-0.2, -0.15) is 0 Å². The molecule has 0 radical (unpaired) electrons. The third kappa shape index (κ3) is 4.18. The summed E-state index contributed by atoms with van der Waals surface area (Å²) in [5.74, 6) is -0.637. The van der Waals surface area contributed by atoms with Crippen LogP contribution in [0, 0.1) is 5.92 Å². The van der Waals surface area contributed by atoms with Crippen LogP contribution < -0.4 is 5.32 Å². The van der Waals surface area contributed by atoms with Crippen molar-refractivity contribution < 1.29 is 14.6 Å². The van der Waals surface area contributed by atoms with Gasteiger partial charge in [-0.1, -0.05) is 13.8 Å². The Balaban J connectivity index is 2.45. The lowest BCUT2D eigenvalue weighted by atomic mass is 10.0. The Bertz CT molecular complexity index is 198. The number of carboxylic acids is 1. The molecule has 0 amide bonds. The Morgan fingerprint density at radius 2 is 2.13 bits per heavy atom. The van der Waals surface area contributed by atoms with Gasteiger partial charge in [0.2, 0.25) is 0 Å². The van der Waals surface area contributed by atoms with E-state index in [2.05, 4.69) is 5.32 Å². The minimum atomic E-state index is -0.754. The second-order valence-electron chi connectivity index (χ2n) is 4.47. The number of hydrogen-bond acceptors (Lipinski definition) is 3. The average Bonchev–Trinajstić information content (AvgIpc) is 2.41. The SMILES string of the molecule is CC(C)C(NC1CCCOCC1)C(=O)O. The topological polar surface area (TPSA) is 58.6 Å². The second kappa shape index (κ2) is 6.08. The van der Waals surface area contributed by atoms with Crippen LogP contribution in [0.2, 0.25) is 0 Å². The van der Waals surface area contributed by atoms with Gasteiger partial charge >= 0.3 is 5.97 Å². The van der Waals surface area contributed by atoms with E-state index in [0.717, 1.165) is 32.5 Å². The van der Waals surface area contributed by atoms with Gasteiger partial charge in [-0.15, -0.1) is 0 Å². The molecule has 1 fully saturated rings. The smallest absolute Gasteiger partial charge is 0.320 e. The fraction of sp³-hybridized carbons (Fsp3) is 0.909. The van der Waals surface area contributed by atoms with Crippen LogP contribution in [-0.2, 0) is 9.53 Å². The number of ether oxygens (including phenoxy) is 1. The number of nitrogens with one attached hydrogen (secondary N) is 1. The number of carboxylic acid groups (broad SMARTS) is 1. The molecule has 88 valence electrons. The maximum absolute atomic E-state index is 11.0. The van der Waals surface area contributed by atoms with Crippen molar-refractivity contribution in [1.29, 1.82) is 0 Å². The standard InChI is InChI=1S/C11H21NO3/c1-8(2)10(11(13)14)12-9-4-3-6-15-7-5-9/h8-10,12H,3-7H2,1-2H3,(H,13,14). The highest BCUT2D eigenvalue weighted by Crippen LogP contribution is 2.11. The lowest BCUT2D eigenvalue weighted by Gasteiger charge is -2.24. The molecule has 1 heterocycles. The highest BCUT2D eigenvalue weighted by Gasteiger charge is 2.24. The Morgan fingerprint density at radius 1 is 1.40 bits per heavy atom. The third-order valence-electron chi connectivity index (χ3n) is 2.80. The van der Waals surface area contributed by atoms with Crippen LogP contribution in [0.15, 0.2) is 0 Å². The van der Waals surface area contributed by atoms with E-state index in [1.54, 1.807) is 0 Å². The molecular formula is C11H21NO3. The first-order valence-electron chi connectivity index (χ1n) is 5.68. The first-order chi connectivity index (χ1) is 7.11. The summed E-state index contributed by atoms with van der Waals surface area (Å²) in [5.41, 5.74) is 0. The molecule has 0 spiro atoms. The zero-order valence-corrected chi connectivity index (χ0v) is 9.53. The normalized spacial score (nSPS) is 24.9. The van der Waals surface area contributed by atoms with Crippen molar-refractivity contribution in [2.24, 2.45) is 5.92 Å². The Morgan fingerprint density at radius 3 is 2.73 bits per heavy atom. The minimum absolute atomic E-state index is 0.117. The van der Waals surface area contributed by atoms with Gasteiger partial charge in [-0.3, -0.25) is 4.79 Å². The van der Waals surface area contributed by atoms with Gasteiger partial charge in [-0.25, -0.2) is 0 Å². The Hall–Kier alpha value is -0.610. The quantitative estimate of drug-likeness (QED) is 0.741. The predicted molar refractivity (Wildman–Crippen MR) is 57.9 cm³/mol. The molecule has 2 N–H and O–H groups in total. The molecule has 4 nitrogen and oxygen atoms in total. The van der Waals surface area contributed by atoms with Gasteiger partial charge in [0, 0.05) is 19.3 Å². The largest absolute Gasteiger partial charge is 0.480 e. The van der Waals surface area contributed by atoms with Crippen LogP contribution in [0.3, 0.4) is 0 Å². The zero-order chi connectivity index (χ0) is 11.3. The van der Waals surface area contributed by atoms with Crippen LogP contribution >= 0.6 is 0 Å². The summed E-state index contributed by atoms with van der Waals surface area (Å²) in [5, 5.41) is 12.3. The van der Waals surface area contributed by atoms with Crippen LogP contribution in [0.1, 0.15) is 33.1 Å². The second-order valence-corrected chi connectivity index (χ2v) is 4.47. The molecule has 0 aromatic carbocycles. The molecule has 2 atom stereocenters. The van der Waals surface area contributed by atoms with Crippen molar-refractivity contribution in [2.75, 3.05) is 13.2 Å². The van der Waals surface area contributed by atoms with Gasteiger partial charge in [0.1, 0.15) is 6.04 Å². The molecule has 2 unspecified atom stereocenters. The molecule has 1 aliphatic rings. The van der Waals surface area contributed by atoms with Crippen molar-refractivity contribution in [3.63, 3.8) is 0 Å². The summed E-state index contributed by atoms with van der Waals surface area (Å²) < 4.78 is 5.34. The van der Waals surface area contributed by atoms with Crippen LogP contribution in [-0.4, -0.2) is 36.4 Å². The van der Waals surface area contributed by atoms with Gasteiger partial charge in [0.25, 0.3) is 0 Å². The fourth-order valence-electron chi connectivity index (χ4n) is 1.87. The highest BCUT2D eigenvalue weighted by atomic mass is 16.5. The van der Waals surface area contributed by atoms with Gasteiger partial charge in [-0.05, 0) is 25.2 Å². The molecule has 0 aromatic heterocycles. The van der Waals surface area contributed by atoms with E-state index in [1.807, 2.05) is 13.8 Å². The summed E-state index contributed by atoms with van der Waals surface area (Å²) >= 11 is 0. The summed E-state index contributed by atoms with van der Waals surface area (Å²) in [6.45, 7) is 5.40. The maximum Gasteiger partial charge on any atom is 0.320 e. The third-order valence-corrected chi connectivity index (χ3v) is 2.80. The van der Waals surface area contributed by atoms with E-state index in [0.29, 0.717) is 0 Å². The predicted octanol–water partition coefficient (Wildman–Crippen LogP) is 1.25. The molecule has 1 aliphatic heterocycles. The van der Waals surface area contributed by atoms with E-state index in [9.17, 15) is 4.79 Å². The summed E-state index contributed by atoms with van der Waals surface area (Å²) in [6, 6.07) is -0.149. The van der Waals surface area contributed by atoms with E-state index in [1.165, 1.54) is 0 Å². The summed E-state index contributed by atoms with van der Waals surface area (Å²) in [7, 11) is 0. The van der Waals surface area contributed by atoms with Crippen molar-refractivity contribution >= 4 is 5.97 Å². The molecule has 1 saturated heterocycles. The maximum atomic E-state index is 11.0. The number of aliphatic carboxylic acids is 1. The van der Waals surface area contributed by atoms with Crippen molar-refractivity contribution in [1.82, 2.24) is 5.32 Å². The number of rotatable bonds is 4. The van der Waals surface area contributed by atoms with Gasteiger partial charge in [0.05, 0.1) is 0 Å².